The van der Waals surface area contributed by atoms with Gasteiger partial charge in [-0.2, -0.15) is 0 Å². The van der Waals surface area contributed by atoms with Crippen molar-refractivity contribution < 1.29 is 18.3 Å². The van der Waals surface area contributed by atoms with E-state index in [1.54, 1.807) is 42.1 Å². The number of carbonyl (C=O) groups is 1. The number of nitrogens with zero attached hydrogens (tertiary/aromatic N) is 1. The Morgan fingerprint density at radius 1 is 1.24 bits per heavy atom. The van der Waals surface area contributed by atoms with Crippen molar-refractivity contribution in [3.63, 3.8) is 0 Å². The van der Waals surface area contributed by atoms with Crippen LogP contribution < -0.4 is 4.72 Å². The van der Waals surface area contributed by atoms with Gasteiger partial charge in [0.1, 0.15) is 4.90 Å². The lowest BCUT2D eigenvalue weighted by Gasteiger charge is -2.07. The number of hydrogen-bond donors (Lipinski definition) is 2. The van der Waals surface area contributed by atoms with Crippen molar-refractivity contribution >= 4 is 21.7 Å². The second kappa shape index (κ2) is 6.01. The molecule has 2 aromatic rings. The number of anilines is 1. The Bertz CT molecular complexity index is 733. The topological polar surface area (TPSA) is 88.4 Å². The molecule has 6 nitrogen and oxygen atoms in total. The van der Waals surface area contributed by atoms with Crippen LogP contribution in [0, 0.1) is 0 Å². The van der Waals surface area contributed by atoms with E-state index < -0.39 is 16.0 Å². The van der Waals surface area contributed by atoms with Gasteiger partial charge in [-0.1, -0.05) is 12.1 Å². The molecule has 0 fully saturated rings. The molecular formula is C14H16N2O4S. The van der Waals surface area contributed by atoms with Crippen LogP contribution in [0.25, 0.3) is 0 Å². The van der Waals surface area contributed by atoms with Gasteiger partial charge in [-0.25, -0.2) is 8.42 Å². The van der Waals surface area contributed by atoms with E-state index in [9.17, 15) is 13.2 Å². The van der Waals surface area contributed by atoms with Gasteiger partial charge >= 0.3 is 5.97 Å². The first-order chi connectivity index (χ1) is 9.87. The third-order valence-corrected chi connectivity index (χ3v) is 4.32. The standard InChI is InChI=1S/C14H16N2O4S/c1-16-9-8-13(10-16)21(19,20)15-12-5-2-11(3-6-12)4-7-14(17)18/h2-3,5-6,8-10,15H,4,7H2,1H3,(H,17,18). The van der Waals surface area contributed by atoms with Crippen LogP contribution >= 0.6 is 0 Å². The summed E-state index contributed by atoms with van der Waals surface area (Å²) in [5.74, 6) is -0.858. The van der Waals surface area contributed by atoms with E-state index in [1.807, 2.05) is 0 Å². The average molecular weight is 308 g/mol. The Morgan fingerprint density at radius 2 is 1.90 bits per heavy atom. The fraction of sp³-hybridized carbons (Fsp3) is 0.214. The highest BCUT2D eigenvalue weighted by Gasteiger charge is 2.15. The Morgan fingerprint density at radius 3 is 2.43 bits per heavy atom. The lowest BCUT2D eigenvalue weighted by atomic mass is 10.1. The van der Waals surface area contributed by atoms with E-state index in [2.05, 4.69) is 4.72 Å². The molecule has 0 amide bonds. The van der Waals surface area contributed by atoms with Gasteiger partial charge in [0.05, 0.1) is 0 Å². The normalized spacial score (nSPS) is 11.3. The monoisotopic (exact) mass is 308 g/mol. The smallest absolute Gasteiger partial charge is 0.303 e. The van der Waals surface area contributed by atoms with E-state index in [0.29, 0.717) is 12.1 Å². The van der Waals surface area contributed by atoms with Crippen LogP contribution in [0.15, 0.2) is 47.6 Å². The molecule has 0 spiro atoms. The third-order valence-electron chi connectivity index (χ3n) is 2.95. The quantitative estimate of drug-likeness (QED) is 0.852. The van der Waals surface area contributed by atoms with Crippen molar-refractivity contribution in [3.05, 3.63) is 48.3 Å². The van der Waals surface area contributed by atoms with Gasteiger partial charge in [-0.15, -0.1) is 0 Å². The predicted molar refractivity (Wildman–Crippen MR) is 78.6 cm³/mol. The molecule has 0 aliphatic rings. The first-order valence-corrected chi connectivity index (χ1v) is 7.81. The summed E-state index contributed by atoms with van der Waals surface area (Å²) in [6.07, 6.45) is 3.64. The third kappa shape index (κ3) is 4.09. The molecule has 0 atom stereocenters. The van der Waals surface area contributed by atoms with Crippen molar-refractivity contribution in [3.8, 4) is 0 Å². The lowest BCUT2D eigenvalue weighted by Crippen LogP contribution is -2.12. The summed E-state index contributed by atoms with van der Waals surface area (Å²) < 4.78 is 28.4. The molecule has 0 saturated carbocycles. The number of nitrogens with one attached hydrogen (secondary N) is 1. The number of sulfonamides is 1. The molecule has 112 valence electrons. The van der Waals surface area contributed by atoms with Crippen LogP contribution in [0.3, 0.4) is 0 Å². The van der Waals surface area contributed by atoms with E-state index in [1.165, 1.54) is 12.3 Å². The molecular weight excluding hydrogens is 292 g/mol. The fourth-order valence-corrected chi connectivity index (χ4v) is 2.95. The summed E-state index contributed by atoms with van der Waals surface area (Å²) >= 11 is 0. The minimum atomic E-state index is -3.60. The molecule has 2 N–H and O–H groups in total. The Hall–Kier alpha value is -2.28. The lowest BCUT2D eigenvalue weighted by molar-refractivity contribution is -0.136. The molecule has 0 bridgehead atoms. The maximum atomic E-state index is 12.1. The summed E-state index contributed by atoms with van der Waals surface area (Å²) in [4.78, 5) is 10.7. The summed E-state index contributed by atoms with van der Waals surface area (Å²) in [6, 6.07) is 8.19. The molecule has 0 aliphatic carbocycles. The minimum absolute atomic E-state index is 0.0507. The molecule has 0 radical (unpaired) electrons. The van der Waals surface area contributed by atoms with Gasteiger partial charge in [0.2, 0.25) is 0 Å². The second-order valence-corrected chi connectivity index (χ2v) is 6.39. The zero-order valence-corrected chi connectivity index (χ0v) is 12.3. The zero-order chi connectivity index (χ0) is 15.5. The highest BCUT2D eigenvalue weighted by Crippen LogP contribution is 2.17. The SMILES string of the molecule is Cn1ccc(S(=O)(=O)Nc2ccc(CCC(=O)O)cc2)c1. The van der Waals surface area contributed by atoms with Crippen LogP contribution in [0.5, 0.6) is 0 Å². The molecule has 0 saturated heterocycles. The molecule has 0 unspecified atom stereocenters. The van der Waals surface area contributed by atoms with E-state index >= 15 is 0 Å². The molecule has 1 aromatic heterocycles. The van der Waals surface area contributed by atoms with E-state index in [0.717, 1.165) is 5.56 Å². The van der Waals surface area contributed by atoms with Gasteiger partial charge in [-0.3, -0.25) is 9.52 Å². The van der Waals surface area contributed by atoms with Gasteiger partial charge in [-0.05, 0) is 30.2 Å². The van der Waals surface area contributed by atoms with Crippen molar-refractivity contribution in [1.82, 2.24) is 4.57 Å². The van der Waals surface area contributed by atoms with Crippen LogP contribution in [0.4, 0.5) is 5.69 Å². The summed E-state index contributed by atoms with van der Waals surface area (Å²) in [7, 11) is -1.85. The highest BCUT2D eigenvalue weighted by atomic mass is 32.2. The number of carboxylic acids is 1. The zero-order valence-electron chi connectivity index (χ0n) is 11.5. The van der Waals surface area contributed by atoms with E-state index in [-0.39, 0.29) is 11.3 Å². The number of aliphatic carboxylic acids is 1. The Labute approximate surface area is 123 Å². The second-order valence-electron chi connectivity index (χ2n) is 4.71. The number of benzene rings is 1. The summed E-state index contributed by atoms with van der Waals surface area (Å²) in [5, 5.41) is 8.62. The van der Waals surface area contributed by atoms with E-state index in [4.69, 9.17) is 5.11 Å². The number of carboxylic acid groups (broad SMARTS) is 1. The van der Waals surface area contributed by atoms with Gasteiger partial charge in [0.25, 0.3) is 10.0 Å². The largest absolute Gasteiger partial charge is 0.481 e. The van der Waals surface area contributed by atoms with Gasteiger partial charge in [0.15, 0.2) is 0 Å². The maximum absolute atomic E-state index is 12.1. The Kier molecular flexibility index (Phi) is 4.32. The number of aryl methyl sites for hydroxylation is 2. The number of aromatic nitrogens is 1. The molecule has 1 aromatic carbocycles. The van der Waals surface area contributed by atoms with Crippen molar-refractivity contribution in [2.75, 3.05) is 4.72 Å². The average Bonchev–Trinajstić information content (AvgIpc) is 2.85. The van der Waals surface area contributed by atoms with Crippen molar-refractivity contribution in [2.24, 2.45) is 7.05 Å². The molecule has 21 heavy (non-hydrogen) atoms. The first-order valence-electron chi connectivity index (χ1n) is 6.32. The molecule has 1 heterocycles. The van der Waals surface area contributed by atoms with Crippen molar-refractivity contribution in [1.29, 1.82) is 0 Å². The highest BCUT2D eigenvalue weighted by molar-refractivity contribution is 7.92. The minimum Gasteiger partial charge on any atom is -0.481 e. The summed E-state index contributed by atoms with van der Waals surface area (Å²) in [6.45, 7) is 0. The molecule has 2 rings (SSSR count). The molecule has 0 aliphatic heterocycles. The molecule has 7 heteroatoms. The van der Waals surface area contributed by atoms with Gasteiger partial charge < -0.3 is 9.67 Å². The van der Waals surface area contributed by atoms with Crippen molar-refractivity contribution in [2.45, 2.75) is 17.7 Å². The number of rotatable bonds is 6. The van der Waals surface area contributed by atoms with Crippen LogP contribution in [-0.2, 0) is 28.3 Å². The van der Waals surface area contributed by atoms with Gasteiger partial charge in [0, 0.05) is 31.5 Å². The number of hydrogen-bond acceptors (Lipinski definition) is 3. The van der Waals surface area contributed by atoms with Crippen LogP contribution in [-0.4, -0.2) is 24.1 Å². The predicted octanol–water partition coefficient (Wildman–Crippen LogP) is 1.84. The first kappa shape index (κ1) is 15.1. The maximum Gasteiger partial charge on any atom is 0.303 e. The summed E-state index contributed by atoms with van der Waals surface area (Å²) in [5.41, 5.74) is 1.29. The van der Waals surface area contributed by atoms with Crippen LogP contribution in [0.1, 0.15) is 12.0 Å². The fourth-order valence-electron chi connectivity index (χ4n) is 1.84. The van der Waals surface area contributed by atoms with Crippen LogP contribution in [0.2, 0.25) is 0 Å². The Balaban J connectivity index is 2.08.